The molecule has 0 unspecified atom stereocenters. The SMILES string of the molecule is C=C(C)c1cccc(C)c1C(C)=O. The van der Waals surface area contributed by atoms with E-state index >= 15 is 0 Å². The van der Waals surface area contributed by atoms with Crippen LogP contribution in [0.3, 0.4) is 0 Å². The second-order valence-corrected chi connectivity index (χ2v) is 3.33. The van der Waals surface area contributed by atoms with Gasteiger partial charge in [-0.25, -0.2) is 0 Å². The fraction of sp³-hybridized carbons (Fsp3) is 0.250. The number of Topliss-reactive ketones (excluding diaryl/α,β-unsaturated/α-hetero) is 1. The standard InChI is InChI=1S/C12H14O/c1-8(2)11-7-5-6-9(3)12(11)10(4)13/h5-7H,1H2,2-4H3. The van der Waals surface area contributed by atoms with E-state index in [0.717, 1.165) is 22.3 Å². The molecule has 13 heavy (non-hydrogen) atoms. The zero-order valence-corrected chi connectivity index (χ0v) is 8.35. The molecule has 0 saturated carbocycles. The fourth-order valence-corrected chi connectivity index (χ4v) is 1.49. The normalized spacial score (nSPS) is 9.77. The molecule has 0 spiro atoms. The van der Waals surface area contributed by atoms with E-state index in [1.807, 2.05) is 32.0 Å². The highest BCUT2D eigenvalue weighted by Gasteiger charge is 2.09. The topological polar surface area (TPSA) is 17.1 Å². The predicted octanol–water partition coefficient (Wildman–Crippen LogP) is 3.23. The quantitative estimate of drug-likeness (QED) is 0.629. The van der Waals surface area contributed by atoms with Crippen molar-refractivity contribution >= 4 is 11.4 Å². The van der Waals surface area contributed by atoms with E-state index in [1.54, 1.807) is 6.92 Å². The maximum atomic E-state index is 11.4. The maximum absolute atomic E-state index is 11.4. The van der Waals surface area contributed by atoms with Gasteiger partial charge in [-0.3, -0.25) is 4.79 Å². The number of carbonyl (C=O) groups is 1. The van der Waals surface area contributed by atoms with Crippen LogP contribution in [0, 0.1) is 6.92 Å². The number of hydrogen-bond donors (Lipinski definition) is 0. The van der Waals surface area contributed by atoms with Gasteiger partial charge in [0.15, 0.2) is 5.78 Å². The van der Waals surface area contributed by atoms with Gasteiger partial charge in [-0.05, 0) is 31.9 Å². The molecule has 0 amide bonds. The first-order chi connectivity index (χ1) is 6.04. The lowest BCUT2D eigenvalue weighted by Crippen LogP contribution is -2.00. The molecule has 0 atom stereocenters. The summed E-state index contributed by atoms with van der Waals surface area (Å²) >= 11 is 0. The van der Waals surface area contributed by atoms with Crippen LogP contribution in [0.25, 0.3) is 5.57 Å². The molecule has 1 nitrogen and oxygen atoms in total. The molecule has 0 bridgehead atoms. The van der Waals surface area contributed by atoms with Crippen molar-refractivity contribution in [2.75, 3.05) is 0 Å². The minimum absolute atomic E-state index is 0.108. The molecule has 0 radical (unpaired) electrons. The first kappa shape index (κ1) is 9.72. The van der Waals surface area contributed by atoms with Gasteiger partial charge in [-0.1, -0.05) is 30.4 Å². The second-order valence-electron chi connectivity index (χ2n) is 3.33. The van der Waals surface area contributed by atoms with Gasteiger partial charge in [-0.15, -0.1) is 0 Å². The first-order valence-electron chi connectivity index (χ1n) is 4.30. The number of allylic oxidation sites excluding steroid dienone is 1. The summed E-state index contributed by atoms with van der Waals surface area (Å²) < 4.78 is 0. The maximum Gasteiger partial charge on any atom is 0.160 e. The first-order valence-corrected chi connectivity index (χ1v) is 4.30. The molecule has 0 aromatic heterocycles. The second kappa shape index (κ2) is 3.56. The third-order valence-corrected chi connectivity index (χ3v) is 2.08. The molecule has 0 heterocycles. The van der Waals surface area contributed by atoms with Crippen molar-refractivity contribution in [3.05, 3.63) is 41.5 Å². The Labute approximate surface area is 79.1 Å². The molecule has 0 N–H and O–H groups in total. The van der Waals surface area contributed by atoms with Gasteiger partial charge in [0.25, 0.3) is 0 Å². The van der Waals surface area contributed by atoms with Gasteiger partial charge in [0.05, 0.1) is 0 Å². The molecule has 0 aliphatic carbocycles. The summed E-state index contributed by atoms with van der Waals surface area (Å²) in [5.41, 5.74) is 3.73. The summed E-state index contributed by atoms with van der Waals surface area (Å²) in [6.45, 7) is 9.31. The Morgan fingerprint density at radius 2 is 1.92 bits per heavy atom. The summed E-state index contributed by atoms with van der Waals surface area (Å²) in [5, 5.41) is 0. The van der Waals surface area contributed by atoms with E-state index in [1.165, 1.54) is 0 Å². The number of benzene rings is 1. The lowest BCUT2D eigenvalue weighted by molar-refractivity contribution is 0.101. The molecule has 0 aliphatic heterocycles. The Morgan fingerprint density at radius 3 is 2.31 bits per heavy atom. The van der Waals surface area contributed by atoms with Gasteiger partial charge in [0.1, 0.15) is 0 Å². The number of ketones is 1. The van der Waals surface area contributed by atoms with Crippen LogP contribution >= 0.6 is 0 Å². The largest absolute Gasteiger partial charge is 0.294 e. The van der Waals surface area contributed by atoms with Gasteiger partial charge in [0.2, 0.25) is 0 Å². The Hall–Kier alpha value is -1.37. The Kier molecular flexibility index (Phi) is 2.66. The van der Waals surface area contributed by atoms with E-state index in [-0.39, 0.29) is 5.78 Å². The zero-order valence-electron chi connectivity index (χ0n) is 8.35. The van der Waals surface area contributed by atoms with Crippen LogP contribution in [-0.2, 0) is 0 Å². The van der Waals surface area contributed by atoms with E-state index in [4.69, 9.17) is 0 Å². The van der Waals surface area contributed by atoms with Crippen molar-refractivity contribution in [3.63, 3.8) is 0 Å². The van der Waals surface area contributed by atoms with Gasteiger partial charge in [-0.2, -0.15) is 0 Å². The average molecular weight is 174 g/mol. The van der Waals surface area contributed by atoms with E-state index in [0.29, 0.717) is 0 Å². The van der Waals surface area contributed by atoms with Crippen LogP contribution in [0.4, 0.5) is 0 Å². The third-order valence-electron chi connectivity index (χ3n) is 2.08. The molecule has 0 fully saturated rings. The van der Waals surface area contributed by atoms with Crippen LogP contribution in [0.15, 0.2) is 24.8 Å². The Balaban J connectivity index is 3.43. The van der Waals surface area contributed by atoms with Crippen molar-refractivity contribution in [2.45, 2.75) is 20.8 Å². The van der Waals surface area contributed by atoms with Crippen molar-refractivity contribution in [3.8, 4) is 0 Å². The Bertz CT molecular complexity index is 361. The lowest BCUT2D eigenvalue weighted by atomic mass is 9.95. The Morgan fingerprint density at radius 1 is 1.31 bits per heavy atom. The zero-order chi connectivity index (χ0) is 10.0. The highest BCUT2D eigenvalue weighted by molar-refractivity contribution is 6.00. The molecule has 1 heteroatoms. The monoisotopic (exact) mass is 174 g/mol. The summed E-state index contributed by atoms with van der Waals surface area (Å²) in [4.78, 5) is 11.4. The molecule has 1 aromatic carbocycles. The molecule has 1 rings (SSSR count). The van der Waals surface area contributed by atoms with Gasteiger partial charge < -0.3 is 0 Å². The number of hydrogen-bond acceptors (Lipinski definition) is 1. The van der Waals surface area contributed by atoms with Crippen molar-refractivity contribution in [1.29, 1.82) is 0 Å². The minimum Gasteiger partial charge on any atom is -0.294 e. The van der Waals surface area contributed by atoms with Crippen LogP contribution in [0.1, 0.15) is 35.3 Å². The summed E-state index contributed by atoms with van der Waals surface area (Å²) in [6.07, 6.45) is 0. The fourth-order valence-electron chi connectivity index (χ4n) is 1.49. The summed E-state index contributed by atoms with van der Waals surface area (Å²) in [5.74, 6) is 0.108. The van der Waals surface area contributed by atoms with E-state index < -0.39 is 0 Å². The molecule has 0 aliphatic rings. The van der Waals surface area contributed by atoms with Crippen molar-refractivity contribution < 1.29 is 4.79 Å². The van der Waals surface area contributed by atoms with E-state index in [9.17, 15) is 4.79 Å². The minimum atomic E-state index is 0.108. The van der Waals surface area contributed by atoms with Crippen LogP contribution < -0.4 is 0 Å². The van der Waals surface area contributed by atoms with Crippen LogP contribution in [0.2, 0.25) is 0 Å². The summed E-state index contributed by atoms with van der Waals surface area (Å²) in [7, 11) is 0. The highest BCUT2D eigenvalue weighted by Crippen LogP contribution is 2.20. The average Bonchev–Trinajstić information content (AvgIpc) is 2.02. The molecular weight excluding hydrogens is 160 g/mol. The van der Waals surface area contributed by atoms with Gasteiger partial charge >= 0.3 is 0 Å². The van der Waals surface area contributed by atoms with Crippen molar-refractivity contribution in [2.24, 2.45) is 0 Å². The van der Waals surface area contributed by atoms with Crippen LogP contribution in [-0.4, -0.2) is 5.78 Å². The van der Waals surface area contributed by atoms with Crippen LogP contribution in [0.5, 0.6) is 0 Å². The molecule has 68 valence electrons. The molecule has 1 aromatic rings. The van der Waals surface area contributed by atoms with Crippen molar-refractivity contribution in [1.82, 2.24) is 0 Å². The lowest BCUT2D eigenvalue weighted by Gasteiger charge is -2.08. The van der Waals surface area contributed by atoms with Gasteiger partial charge in [0, 0.05) is 5.56 Å². The van der Waals surface area contributed by atoms with E-state index in [2.05, 4.69) is 6.58 Å². The molecular formula is C12H14O. The smallest absolute Gasteiger partial charge is 0.160 e. The number of aryl methyl sites for hydroxylation is 1. The predicted molar refractivity (Wildman–Crippen MR) is 55.9 cm³/mol. The third kappa shape index (κ3) is 1.86. The summed E-state index contributed by atoms with van der Waals surface area (Å²) in [6, 6.07) is 5.83. The number of rotatable bonds is 2. The molecule has 0 saturated heterocycles. The highest BCUT2D eigenvalue weighted by atomic mass is 16.1. The number of carbonyl (C=O) groups excluding carboxylic acids is 1.